The van der Waals surface area contributed by atoms with Crippen molar-refractivity contribution in [3.05, 3.63) is 162 Å². The standard InChI is InChI=1S/C39H32NO5P/c1-2-45-39(44)36(46(29-19-9-4-10-20-29,30-21-11-5-12-22-30)31-23-13-6-14-24-31)35(41)34(27-28-17-7-3-8-18-28)40-37(42)32-25-15-16-26-33(32)38(40)43/h3-26,34H,2,27H2,1H3/t34-/m0/s1. The van der Waals surface area contributed by atoms with Crippen LogP contribution in [0.25, 0.3) is 0 Å². The van der Waals surface area contributed by atoms with E-state index in [0.29, 0.717) is 0 Å². The predicted octanol–water partition coefficient (Wildman–Crippen LogP) is 5.19. The van der Waals surface area contributed by atoms with Gasteiger partial charge in [-0.25, -0.2) is 4.79 Å². The number of fused-ring (bicyclic) bond motifs is 1. The molecule has 0 radical (unpaired) electrons. The van der Waals surface area contributed by atoms with Crippen LogP contribution in [0.5, 0.6) is 0 Å². The Balaban J connectivity index is 1.72. The van der Waals surface area contributed by atoms with Gasteiger partial charge < -0.3 is 4.74 Å². The molecule has 7 heteroatoms. The topological polar surface area (TPSA) is 80.8 Å². The molecule has 46 heavy (non-hydrogen) atoms. The molecule has 0 N–H and O–H groups in total. The number of hydrogen-bond acceptors (Lipinski definition) is 5. The SMILES string of the molecule is CCOC(=O)C(C(=O)[C@H](Cc1ccccc1)N1C(=O)c2ccccc2C1=O)=P(c1ccccc1)(c1ccccc1)c1ccccc1. The lowest BCUT2D eigenvalue weighted by molar-refractivity contribution is -0.135. The summed E-state index contributed by atoms with van der Waals surface area (Å²) < 4.78 is 5.72. The van der Waals surface area contributed by atoms with E-state index in [1.54, 1.807) is 31.2 Å². The Morgan fingerprint density at radius 2 is 1.00 bits per heavy atom. The molecule has 2 amide bonds. The van der Waals surface area contributed by atoms with Crippen LogP contribution >= 0.6 is 6.89 Å². The zero-order valence-corrected chi connectivity index (χ0v) is 26.2. The molecule has 5 aromatic rings. The van der Waals surface area contributed by atoms with E-state index in [1.165, 1.54) is 0 Å². The lowest BCUT2D eigenvalue weighted by Crippen LogP contribution is -2.51. The van der Waals surface area contributed by atoms with Crippen molar-refractivity contribution >= 4 is 51.7 Å². The Bertz CT molecular complexity index is 1820. The zero-order chi connectivity index (χ0) is 32.1. The van der Waals surface area contributed by atoms with Crippen LogP contribution in [0, 0.1) is 0 Å². The molecular formula is C39H32NO5P. The number of carbonyl (C=O) groups excluding carboxylic acids is 4. The molecule has 0 saturated carbocycles. The number of ether oxygens (including phenoxy) is 1. The van der Waals surface area contributed by atoms with Gasteiger partial charge in [0.05, 0.1) is 17.7 Å². The van der Waals surface area contributed by atoms with Gasteiger partial charge in [-0.15, -0.1) is 0 Å². The van der Waals surface area contributed by atoms with Gasteiger partial charge in [-0.2, -0.15) is 0 Å². The molecule has 0 spiro atoms. The number of rotatable bonds is 10. The first-order chi connectivity index (χ1) is 22.5. The fourth-order valence-corrected chi connectivity index (χ4v) is 10.5. The summed E-state index contributed by atoms with van der Waals surface area (Å²) in [5, 5.41) is 2.23. The third kappa shape index (κ3) is 5.42. The average molecular weight is 626 g/mol. The predicted molar refractivity (Wildman–Crippen MR) is 183 cm³/mol. The Morgan fingerprint density at radius 1 is 0.609 bits per heavy atom. The number of carbonyl (C=O) groups is 4. The first-order valence-corrected chi connectivity index (χ1v) is 16.9. The second-order valence-electron chi connectivity index (χ2n) is 10.8. The monoisotopic (exact) mass is 625 g/mol. The molecule has 6 nitrogen and oxygen atoms in total. The third-order valence-electron chi connectivity index (χ3n) is 8.18. The summed E-state index contributed by atoms with van der Waals surface area (Å²) in [7, 11) is 0. The molecule has 5 aromatic carbocycles. The van der Waals surface area contributed by atoms with E-state index < -0.39 is 36.5 Å². The molecule has 0 unspecified atom stereocenters. The first-order valence-electron chi connectivity index (χ1n) is 15.1. The zero-order valence-electron chi connectivity index (χ0n) is 25.3. The molecule has 0 aromatic heterocycles. The highest BCUT2D eigenvalue weighted by Crippen LogP contribution is 2.47. The van der Waals surface area contributed by atoms with Crippen molar-refractivity contribution in [3.63, 3.8) is 0 Å². The van der Waals surface area contributed by atoms with Crippen molar-refractivity contribution in [2.75, 3.05) is 6.61 Å². The van der Waals surface area contributed by atoms with E-state index in [4.69, 9.17) is 4.74 Å². The van der Waals surface area contributed by atoms with Gasteiger partial charge in [-0.05, 0) is 47.4 Å². The van der Waals surface area contributed by atoms with Gasteiger partial charge in [-0.1, -0.05) is 133 Å². The van der Waals surface area contributed by atoms with Gasteiger partial charge in [0.2, 0.25) is 0 Å². The molecule has 1 atom stereocenters. The van der Waals surface area contributed by atoms with Gasteiger partial charge >= 0.3 is 5.97 Å². The molecule has 1 heterocycles. The van der Waals surface area contributed by atoms with Crippen LogP contribution in [0.3, 0.4) is 0 Å². The van der Waals surface area contributed by atoms with E-state index in [0.717, 1.165) is 26.4 Å². The van der Waals surface area contributed by atoms with Crippen LogP contribution in [-0.2, 0) is 20.7 Å². The highest BCUT2D eigenvalue weighted by atomic mass is 31.2. The number of Topliss-reactive ketones (excluding diaryl/α,β-unsaturated/α-hetero) is 1. The van der Waals surface area contributed by atoms with Crippen LogP contribution < -0.4 is 15.9 Å². The summed E-state index contributed by atoms with van der Waals surface area (Å²) in [5.41, 5.74) is 1.20. The maximum Gasteiger partial charge on any atom is 0.342 e. The summed E-state index contributed by atoms with van der Waals surface area (Å²) in [6, 6.07) is 43.0. The van der Waals surface area contributed by atoms with Crippen molar-refractivity contribution in [1.82, 2.24) is 4.90 Å². The Morgan fingerprint density at radius 3 is 1.41 bits per heavy atom. The number of nitrogens with zero attached hydrogens (tertiary/aromatic N) is 1. The highest BCUT2D eigenvalue weighted by molar-refractivity contribution is 7.97. The number of hydrogen-bond donors (Lipinski definition) is 0. The minimum atomic E-state index is -3.27. The maximum atomic E-state index is 15.5. The summed E-state index contributed by atoms with van der Waals surface area (Å²) in [5.74, 6) is -2.53. The fourth-order valence-electron chi connectivity index (χ4n) is 6.18. The van der Waals surface area contributed by atoms with Crippen LogP contribution in [0.15, 0.2) is 146 Å². The molecule has 6 rings (SSSR count). The number of esters is 1. The van der Waals surface area contributed by atoms with E-state index >= 15 is 4.79 Å². The normalized spacial score (nSPS) is 13.2. The van der Waals surface area contributed by atoms with Gasteiger partial charge in [-0.3, -0.25) is 19.3 Å². The van der Waals surface area contributed by atoms with Gasteiger partial charge in [0.25, 0.3) is 11.8 Å². The second kappa shape index (κ2) is 13.4. The average Bonchev–Trinajstić information content (AvgIpc) is 3.36. The van der Waals surface area contributed by atoms with Crippen molar-refractivity contribution in [1.29, 1.82) is 0 Å². The minimum Gasteiger partial charge on any atom is -0.462 e. The van der Waals surface area contributed by atoms with Crippen LogP contribution in [0.4, 0.5) is 0 Å². The molecule has 228 valence electrons. The van der Waals surface area contributed by atoms with E-state index in [1.807, 2.05) is 121 Å². The number of imide groups is 1. The number of benzene rings is 5. The molecule has 1 aliphatic rings. The van der Waals surface area contributed by atoms with E-state index in [9.17, 15) is 14.4 Å². The van der Waals surface area contributed by atoms with Gasteiger partial charge in [0.1, 0.15) is 11.3 Å². The van der Waals surface area contributed by atoms with Gasteiger partial charge in [0.15, 0.2) is 5.78 Å². The summed E-state index contributed by atoms with van der Waals surface area (Å²) in [6.07, 6.45) is 0.0203. The van der Waals surface area contributed by atoms with Crippen LogP contribution in [0.1, 0.15) is 33.2 Å². The largest absolute Gasteiger partial charge is 0.462 e. The Hall–Kier alpha value is -5.32. The fraction of sp³-hybridized carbons (Fsp3) is 0.103. The minimum absolute atomic E-state index is 0.0203. The van der Waals surface area contributed by atoms with E-state index in [-0.39, 0.29) is 29.4 Å². The molecule has 1 aliphatic heterocycles. The van der Waals surface area contributed by atoms with Crippen LogP contribution in [0.2, 0.25) is 0 Å². The van der Waals surface area contributed by atoms with Crippen molar-refractivity contribution < 1.29 is 23.9 Å². The molecular weight excluding hydrogens is 593 g/mol. The molecule has 0 bridgehead atoms. The lowest BCUT2D eigenvalue weighted by Gasteiger charge is -2.34. The Kier molecular flexibility index (Phi) is 8.91. The smallest absolute Gasteiger partial charge is 0.342 e. The summed E-state index contributed by atoms with van der Waals surface area (Å²) in [4.78, 5) is 58.9. The Labute approximate surface area is 268 Å². The second-order valence-corrected chi connectivity index (χ2v) is 14.2. The van der Waals surface area contributed by atoms with E-state index in [2.05, 4.69) is 0 Å². The van der Waals surface area contributed by atoms with Crippen molar-refractivity contribution in [2.45, 2.75) is 19.4 Å². The summed E-state index contributed by atoms with van der Waals surface area (Å²) in [6.45, 7) is -1.55. The van der Waals surface area contributed by atoms with Crippen molar-refractivity contribution in [3.8, 4) is 0 Å². The van der Waals surface area contributed by atoms with Crippen LogP contribution in [-0.4, -0.2) is 46.4 Å². The first kappa shape index (κ1) is 30.7. The third-order valence-corrected chi connectivity index (χ3v) is 12.5. The molecule has 0 saturated heterocycles. The highest BCUT2D eigenvalue weighted by Gasteiger charge is 2.47. The quantitative estimate of drug-likeness (QED) is 0.0924. The maximum absolute atomic E-state index is 15.5. The number of ketones is 1. The lowest BCUT2D eigenvalue weighted by atomic mass is 9.98. The van der Waals surface area contributed by atoms with Crippen molar-refractivity contribution in [2.24, 2.45) is 0 Å². The summed E-state index contributed by atoms with van der Waals surface area (Å²) >= 11 is 0. The molecule has 0 aliphatic carbocycles. The number of amides is 2. The molecule has 0 fully saturated rings. The van der Waals surface area contributed by atoms with Gasteiger partial charge in [0, 0.05) is 6.42 Å².